The van der Waals surface area contributed by atoms with Crippen LogP contribution in [0.2, 0.25) is 0 Å². The Labute approximate surface area is 308 Å². The third kappa shape index (κ3) is 38.1. The van der Waals surface area contributed by atoms with Gasteiger partial charge in [-0.3, -0.25) is 9.59 Å². The van der Waals surface area contributed by atoms with Gasteiger partial charge in [-0.1, -0.05) is 171 Å². The minimum absolute atomic E-state index is 0.0608. The maximum atomic E-state index is 12.5. The molecule has 0 saturated heterocycles. The number of rotatable bonds is 36. The van der Waals surface area contributed by atoms with Crippen LogP contribution in [-0.2, 0) is 23.8 Å². The molecule has 0 saturated carbocycles. The Kier molecular flexibility index (Phi) is 38.6. The van der Waals surface area contributed by atoms with Crippen LogP contribution in [0, 0.1) is 0 Å². The largest absolute Gasteiger partial charge is 0.462 e. The zero-order chi connectivity index (χ0) is 36.4. The lowest BCUT2D eigenvalue weighted by Gasteiger charge is -2.18. The van der Waals surface area contributed by atoms with Gasteiger partial charge in [0.1, 0.15) is 6.61 Å². The molecule has 1 unspecified atom stereocenters. The number of ether oxygens (including phenoxy) is 3. The number of carbonyl (C=O) groups is 2. The Morgan fingerprint density at radius 1 is 0.460 bits per heavy atom. The van der Waals surface area contributed by atoms with E-state index >= 15 is 0 Å². The van der Waals surface area contributed by atoms with E-state index in [0.717, 1.165) is 83.5 Å². The summed E-state index contributed by atoms with van der Waals surface area (Å²) in [6.45, 7) is 7.47. The van der Waals surface area contributed by atoms with Crippen molar-refractivity contribution in [2.24, 2.45) is 0 Å². The lowest BCUT2D eigenvalue weighted by Crippen LogP contribution is -2.30. The van der Waals surface area contributed by atoms with Crippen LogP contribution < -0.4 is 0 Å². The van der Waals surface area contributed by atoms with Crippen LogP contribution in [-0.4, -0.2) is 37.9 Å². The topological polar surface area (TPSA) is 61.8 Å². The summed E-state index contributed by atoms with van der Waals surface area (Å²) in [7, 11) is 0. The molecule has 5 heteroatoms. The third-order valence-corrected chi connectivity index (χ3v) is 8.26. The smallest absolute Gasteiger partial charge is 0.306 e. The van der Waals surface area contributed by atoms with Gasteiger partial charge in [-0.15, -0.1) is 0 Å². The van der Waals surface area contributed by atoms with E-state index in [1.807, 2.05) is 0 Å². The van der Waals surface area contributed by atoms with Crippen LogP contribution in [0.15, 0.2) is 72.9 Å². The molecule has 5 nitrogen and oxygen atoms in total. The van der Waals surface area contributed by atoms with E-state index in [0.29, 0.717) is 19.4 Å². The first-order valence-electron chi connectivity index (χ1n) is 20.5. The molecule has 0 aliphatic heterocycles. The maximum absolute atomic E-state index is 12.5. The minimum Gasteiger partial charge on any atom is -0.462 e. The summed E-state index contributed by atoms with van der Waals surface area (Å²) in [5.41, 5.74) is 0. The highest BCUT2D eigenvalue weighted by Gasteiger charge is 2.17. The molecule has 0 aliphatic rings. The van der Waals surface area contributed by atoms with E-state index < -0.39 is 6.10 Å². The summed E-state index contributed by atoms with van der Waals surface area (Å²) in [4.78, 5) is 24.9. The fourth-order valence-electron chi connectivity index (χ4n) is 5.23. The van der Waals surface area contributed by atoms with Crippen molar-refractivity contribution in [2.45, 2.75) is 181 Å². The standard InChI is InChI=1S/C45H76O5/c1-4-7-10-13-16-17-18-19-20-21-22-23-24-25-26-27-28-31-34-37-40-48-41-43(50-45(47)39-36-33-30-15-12-9-6-3)42-49-44(46)38-35-32-29-14-11-8-5-2/h7,10,16-17,19-20,22-23,25-26,28,31,43H,4-6,8-9,11-15,18,21,24,27,29-30,32-42H2,1-3H3/b10-7-,17-16-,20-19-,23-22-,26-25-,31-28-. The van der Waals surface area contributed by atoms with Crippen LogP contribution in [0.1, 0.15) is 175 Å². The van der Waals surface area contributed by atoms with Gasteiger partial charge in [0.05, 0.1) is 6.61 Å². The fourth-order valence-corrected chi connectivity index (χ4v) is 5.23. The number of carbonyl (C=O) groups excluding carboxylic acids is 2. The van der Waals surface area contributed by atoms with Crippen LogP contribution in [0.5, 0.6) is 0 Å². The Hall–Kier alpha value is -2.66. The highest BCUT2D eigenvalue weighted by molar-refractivity contribution is 5.70. The fraction of sp³-hybridized carbons (Fsp3) is 0.689. The van der Waals surface area contributed by atoms with E-state index in [-0.39, 0.29) is 25.2 Å². The molecule has 1 atom stereocenters. The third-order valence-electron chi connectivity index (χ3n) is 8.26. The summed E-state index contributed by atoms with van der Waals surface area (Å²) >= 11 is 0. The molecule has 0 N–H and O–H groups in total. The molecule has 0 bridgehead atoms. The van der Waals surface area contributed by atoms with E-state index in [2.05, 4.69) is 93.7 Å². The van der Waals surface area contributed by atoms with Gasteiger partial charge in [-0.05, 0) is 64.2 Å². The van der Waals surface area contributed by atoms with Gasteiger partial charge >= 0.3 is 11.9 Å². The summed E-state index contributed by atoms with van der Waals surface area (Å²) in [6.07, 6.45) is 50.7. The molecule has 0 aromatic carbocycles. The van der Waals surface area contributed by atoms with Gasteiger partial charge in [0.25, 0.3) is 0 Å². The second-order valence-electron chi connectivity index (χ2n) is 13.2. The average molecular weight is 697 g/mol. The first-order chi connectivity index (χ1) is 24.6. The molecule has 286 valence electrons. The predicted octanol–water partition coefficient (Wildman–Crippen LogP) is 13.2. The first-order valence-corrected chi connectivity index (χ1v) is 20.5. The van der Waals surface area contributed by atoms with Crippen molar-refractivity contribution in [3.63, 3.8) is 0 Å². The summed E-state index contributed by atoms with van der Waals surface area (Å²) in [5.74, 6) is -0.447. The van der Waals surface area contributed by atoms with Gasteiger partial charge in [0.2, 0.25) is 0 Å². The van der Waals surface area contributed by atoms with Crippen molar-refractivity contribution in [3.05, 3.63) is 72.9 Å². The zero-order valence-corrected chi connectivity index (χ0v) is 32.6. The molecular weight excluding hydrogens is 620 g/mol. The van der Waals surface area contributed by atoms with Gasteiger partial charge in [0.15, 0.2) is 6.10 Å². The minimum atomic E-state index is -0.559. The summed E-state index contributed by atoms with van der Waals surface area (Å²) < 4.78 is 17.1. The van der Waals surface area contributed by atoms with Crippen molar-refractivity contribution in [1.29, 1.82) is 0 Å². The van der Waals surface area contributed by atoms with Crippen LogP contribution in [0.4, 0.5) is 0 Å². The number of esters is 2. The summed E-state index contributed by atoms with van der Waals surface area (Å²) in [5, 5.41) is 0. The van der Waals surface area contributed by atoms with Gasteiger partial charge in [-0.25, -0.2) is 0 Å². The highest BCUT2D eigenvalue weighted by Crippen LogP contribution is 2.11. The van der Waals surface area contributed by atoms with Gasteiger partial charge in [-0.2, -0.15) is 0 Å². The lowest BCUT2D eigenvalue weighted by atomic mass is 10.1. The van der Waals surface area contributed by atoms with E-state index in [9.17, 15) is 9.59 Å². The van der Waals surface area contributed by atoms with Crippen molar-refractivity contribution >= 4 is 11.9 Å². The monoisotopic (exact) mass is 697 g/mol. The predicted molar refractivity (Wildman–Crippen MR) is 214 cm³/mol. The molecule has 0 aromatic rings. The van der Waals surface area contributed by atoms with Crippen LogP contribution in [0.25, 0.3) is 0 Å². The molecule has 0 aromatic heterocycles. The highest BCUT2D eigenvalue weighted by atomic mass is 16.6. The van der Waals surface area contributed by atoms with E-state index in [1.165, 1.54) is 57.8 Å². The van der Waals surface area contributed by atoms with Gasteiger partial charge in [0, 0.05) is 19.4 Å². The van der Waals surface area contributed by atoms with Crippen molar-refractivity contribution < 1.29 is 23.8 Å². The zero-order valence-electron chi connectivity index (χ0n) is 32.6. The van der Waals surface area contributed by atoms with Crippen molar-refractivity contribution in [1.82, 2.24) is 0 Å². The Balaban J connectivity index is 4.24. The van der Waals surface area contributed by atoms with Crippen LogP contribution in [0.3, 0.4) is 0 Å². The number of hydrogen-bond acceptors (Lipinski definition) is 5. The summed E-state index contributed by atoms with van der Waals surface area (Å²) in [6, 6.07) is 0. The lowest BCUT2D eigenvalue weighted by molar-refractivity contribution is -0.163. The Morgan fingerprint density at radius 2 is 0.880 bits per heavy atom. The Bertz CT molecular complexity index is 926. The van der Waals surface area contributed by atoms with Crippen LogP contribution >= 0.6 is 0 Å². The molecule has 50 heavy (non-hydrogen) atoms. The van der Waals surface area contributed by atoms with E-state index in [4.69, 9.17) is 14.2 Å². The molecule has 0 radical (unpaired) electrons. The first kappa shape index (κ1) is 47.3. The molecule has 0 heterocycles. The SMILES string of the molecule is CC/C=C\C/C=C\C/C=C\C/C=C\C/C=C\C/C=C\CCCOCC(COC(=O)CCCCCCCCC)OC(=O)CCCCCCCCC. The molecule has 0 aliphatic carbocycles. The van der Waals surface area contributed by atoms with Crippen molar-refractivity contribution in [2.75, 3.05) is 19.8 Å². The second-order valence-corrected chi connectivity index (χ2v) is 13.2. The van der Waals surface area contributed by atoms with E-state index in [1.54, 1.807) is 0 Å². The molecular formula is C45H76O5. The van der Waals surface area contributed by atoms with Gasteiger partial charge < -0.3 is 14.2 Å². The average Bonchev–Trinajstić information content (AvgIpc) is 3.11. The number of hydrogen-bond donors (Lipinski definition) is 0. The maximum Gasteiger partial charge on any atom is 0.306 e. The quantitative estimate of drug-likeness (QED) is 0.0371. The van der Waals surface area contributed by atoms with Crippen molar-refractivity contribution in [3.8, 4) is 0 Å². The molecule has 0 rings (SSSR count). The Morgan fingerprint density at radius 3 is 1.36 bits per heavy atom. The molecule has 0 fully saturated rings. The normalized spacial score (nSPS) is 12.9. The second kappa shape index (κ2) is 40.8. The molecule has 0 amide bonds. The molecule has 0 spiro atoms. The number of unbranched alkanes of at least 4 members (excludes halogenated alkanes) is 13. The number of allylic oxidation sites excluding steroid dienone is 12.